The van der Waals surface area contributed by atoms with E-state index in [0.717, 1.165) is 46.3 Å². The molecule has 0 atom stereocenters. The number of hydrogen-bond donors (Lipinski definition) is 4. The summed E-state index contributed by atoms with van der Waals surface area (Å²) in [4.78, 5) is 44.8. The van der Waals surface area contributed by atoms with Crippen LogP contribution in [0.25, 0.3) is 44.1 Å². The lowest BCUT2D eigenvalue weighted by Gasteiger charge is -2.11. The molecule has 6 rings (SSSR count). The summed E-state index contributed by atoms with van der Waals surface area (Å²) in [6.45, 7) is 7.64. The van der Waals surface area contributed by atoms with Gasteiger partial charge in [-0.2, -0.15) is 0 Å². The van der Waals surface area contributed by atoms with Crippen molar-refractivity contribution in [2.45, 2.75) is 13.8 Å². The molecule has 0 spiro atoms. The van der Waals surface area contributed by atoms with Gasteiger partial charge in [-0.25, -0.2) is 19.9 Å². The van der Waals surface area contributed by atoms with Crippen molar-refractivity contribution in [3.05, 3.63) is 95.1 Å². The summed E-state index contributed by atoms with van der Waals surface area (Å²) >= 11 is 0. The molecule has 0 aliphatic heterocycles. The van der Waals surface area contributed by atoms with E-state index in [2.05, 4.69) is 21.3 Å². The lowest BCUT2D eigenvalue weighted by Crippen LogP contribution is -2.37. The molecule has 0 saturated carbocycles. The second kappa shape index (κ2) is 14.3. The molecule has 45 heavy (non-hydrogen) atoms. The zero-order valence-corrected chi connectivity index (χ0v) is 26.0. The van der Waals surface area contributed by atoms with Crippen molar-refractivity contribution in [3.63, 3.8) is 0 Å². The first-order valence-electron chi connectivity index (χ1n) is 14.8. The average Bonchev–Trinajstić information content (AvgIpc) is 3.03. The number of nitrogens with one attached hydrogen (secondary N) is 4. The number of aromatic nitrogens is 4. The van der Waals surface area contributed by atoms with Gasteiger partial charge in [0.15, 0.2) is 0 Å². The van der Waals surface area contributed by atoms with Crippen LogP contribution < -0.4 is 21.3 Å². The molecular weight excluding hydrogens is 588 g/mol. The van der Waals surface area contributed by atoms with E-state index < -0.39 is 0 Å². The van der Waals surface area contributed by atoms with Gasteiger partial charge < -0.3 is 21.3 Å². The minimum Gasteiger partial charge on any atom is -0.351 e. The van der Waals surface area contributed by atoms with Crippen LogP contribution in [-0.2, 0) is 0 Å². The Morgan fingerprint density at radius 3 is 1.27 bits per heavy atom. The molecule has 4 aromatic carbocycles. The summed E-state index contributed by atoms with van der Waals surface area (Å²) in [5.41, 5.74) is 8.94. The number of benzene rings is 4. The van der Waals surface area contributed by atoms with Gasteiger partial charge >= 0.3 is 0 Å². The van der Waals surface area contributed by atoms with E-state index in [0.29, 0.717) is 59.4 Å². The molecule has 2 heterocycles. The van der Waals surface area contributed by atoms with Gasteiger partial charge in [0, 0.05) is 39.3 Å². The van der Waals surface area contributed by atoms with Crippen molar-refractivity contribution in [2.24, 2.45) is 0 Å². The molecule has 0 aliphatic carbocycles. The fraction of sp³-hybridized carbons (Fsp3) is 0.235. The van der Waals surface area contributed by atoms with Crippen molar-refractivity contribution in [3.8, 4) is 0 Å². The van der Waals surface area contributed by atoms with E-state index in [9.17, 15) is 9.59 Å². The van der Waals surface area contributed by atoms with Gasteiger partial charge in [-0.1, -0.05) is 36.4 Å². The Morgan fingerprint density at radius 1 is 0.489 bits per heavy atom. The van der Waals surface area contributed by atoms with E-state index in [4.69, 9.17) is 19.9 Å². The predicted molar refractivity (Wildman–Crippen MR) is 181 cm³/mol. The molecule has 4 N–H and O–H groups in total. The summed E-state index contributed by atoms with van der Waals surface area (Å²) in [6.07, 6.45) is 0. The lowest BCUT2D eigenvalue weighted by atomic mass is 10.1. The van der Waals surface area contributed by atoms with Crippen LogP contribution in [-0.4, -0.2) is 71.0 Å². The molecule has 11 heteroatoms. The van der Waals surface area contributed by atoms with Crippen LogP contribution in [0.15, 0.2) is 72.8 Å². The summed E-state index contributed by atoms with van der Waals surface area (Å²) in [6, 6.07) is 22.7. The van der Waals surface area contributed by atoms with E-state index in [1.54, 1.807) is 12.1 Å². The Morgan fingerprint density at radius 2 is 0.844 bits per heavy atom. The first-order valence-corrected chi connectivity index (χ1v) is 14.8. The molecule has 10 nitrogen and oxygen atoms in total. The van der Waals surface area contributed by atoms with Gasteiger partial charge in [-0.05, 0) is 61.4 Å². The van der Waals surface area contributed by atoms with Crippen molar-refractivity contribution in [1.29, 1.82) is 0 Å². The van der Waals surface area contributed by atoms with Crippen molar-refractivity contribution in [2.75, 3.05) is 39.3 Å². The molecular formula is C34H35ClN8O2. The van der Waals surface area contributed by atoms with E-state index in [-0.39, 0.29) is 24.2 Å². The first kappa shape index (κ1) is 31.6. The number of nitrogens with zero attached hydrogens (tertiary/aromatic N) is 4. The Labute approximate surface area is 266 Å². The van der Waals surface area contributed by atoms with Gasteiger partial charge in [0.1, 0.15) is 11.0 Å². The SMILES string of the molecule is Cc1cccc2nc3cccc(C(=O)NCCNCCNCCNC(=O)c4cccc5nc6cccc(C)c6nc45)c3nc12.Cl. The van der Waals surface area contributed by atoms with Gasteiger partial charge in [-0.3, -0.25) is 9.59 Å². The number of aryl methyl sites for hydroxylation is 2. The highest BCUT2D eigenvalue weighted by Crippen LogP contribution is 2.23. The van der Waals surface area contributed by atoms with E-state index in [1.165, 1.54) is 0 Å². The smallest absolute Gasteiger partial charge is 0.253 e. The standard InChI is InChI=1S/C34H34N8O2.ClH/c1-21-7-3-11-25-29(21)41-31-23(9-5-13-27(31)39-25)33(43)37-19-17-35-15-16-36-18-20-38-34(44)24-10-6-14-28-32(24)42-30-22(2)8-4-12-26(30)40-28;/h3-14,35-36H,15-20H2,1-2H3,(H,37,43)(H,38,44);1H. The normalized spacial score (nSPS) is 11.2. The summed E-state index contributed by atoms with van der Waals surface area (Å²) < 4.78 is 0. The number of carbonyl (C=O) groups is 2. The van der Waals surface area contributed by atoms with Crippen molar-refractivity contribution >= 4 is 68.4 Å². The molecule has 0 saturated heterocycles. The van der Waals surface area contributed by atoms with Crippen LogP contribution in [0.3, 0.4) is 0 Å². The highest BCUT2D eigenvalue weighted by Gasteiger charge is 2.14. The van der Waals surface area contributed by atoms with Crippen LogP contribution in [0.4, 0.5) is 0 Å². The Balaban J connectivity index is 0.00000400. The van der Waals surface area contributed by atoms with Crippen LogP contribution in [0, 0.1) is 13.8 Å². The van der Waals surface area contributed by atoms with E-state index >= 15 is 0 Å². The maximum Gasteiger partial charge on any atom is 0.253 e. The van der Waals surface area contributed by atoms with Crippen LogP contribution in [0.5, 0.6) is 0 Å². The second-order valence-electron chi connectivity index (χ2n) is 10.7. The first-order chi connectivity index (χ1) is 21.5. The van der Waals surface area contributed by atoms with Crippen LogP contribution in [0.2, 0.25) is 0 Å². The fourth-order valence-corrected chi connectivity index (χ4v) is 5.23. The zero-order chi connectivity index (χ0) is 30.5. The molecule has 0 unspecified atom stereocenters. The summed E-state index contributed by atoms with van der Waals surface area (Å²) in [5.74, 6) is -0.344. The monoisotopic (exact) mass is 622 g/mol. The second-order valence-corrected chi connectivity index (χ2v) is 10.7. The number of fused-ring (bicyclic) bond motifs is 4. The highest BCUT2D eigenvalue weighted by atomic mass is 35.5. The number of amides is 2. The fourth-order valence-electron chi connectivity index (χ4n) is 5.23. The third kappa shape index (κ3) is 6.99. The number of hydrogen-bond acceptors (Lipinski definition) is 8. The Hall–Kier alpha value is -4.77. The molecule has 0 radical (unpaired) electrons. The quantitative estimate of drug-likeness (QED) is 0.124. The third-order valence-electron chi connectivity index (χ3n) is 7.53. The highest BCUT2D eigenvalue weighted by molar-refractivity contribution is 6.07. The number of rotatable bonds is 11. The number of halogens is 1. The van der Waals surface area contributed by atoms with Crippen LogP contribution in [0.1, 0.15) is 31.8 Å². The minimum absolute atomic E-state index is 0. The molecule has 6 aromatic rings. The molecule has 2 amide bonds. The number of para-hydroxylation sites is 4. The van der Waals surface area contributed by atoms with Gasteiger partial charge in [-0.15, -0.1) is 12.4 Å². The van der Waals surface area contributed by atoms with E-state index in [1.807, 2.05) is 74.5 Å². The zero-order valence-electron chi connectivity index (χ0n) is 25.2. The molecule has 0 bridgehead atoms. The topological polar surface area (TPSA) is 134 Å². The number of carbonyl (C=O) groups excluding carboxylic acids is 2. The minimum atomic E-state index is -0.172. The molecule has 0 fully saturated rings. The summed E-state index contributed by atoms with van der Waals surface area (Å²) in [5, 5.41) is 12.6. The Bertz CT molecular complexity index is 1870. The maximum absolute atomic E-state index is 12.9. The average molecular weight is 623 g/mol. The third-order valence-corrected chi connectivity index (χ3v) is 7.53. The molecule has 230 valence electrons. The molecule has 0 aliphatic rings. The predicted octanol–water partition coefficient (Wildman–Crippen LogP) is 4.26. The largest absolute Gasteiger partial charge is 0.351 e. The van der Waals surface area contributed by atoms with Gasteiger partial charge in [0.05, 0.1) is 44.2 Å². The van der Waals surface area contributed by atoms with Gasteiger partial charge in [0.2, 0.25) is 0 Å². The van der Waals surface area contributed by atoms with Gasteiger partial charge in [0.25, 0.3) is 11.8 Å². The summed E-state index contributed by atoms with van der Waals surface area (Å²) in [7, 11) is 0. The maximum atomic E-state index is 12.9. The lowest BCUT2D eigenvalue weighted by molar-refractivity contribution is 0.0947. The van der Waals surface area contributed by atoms with Crippen molar-refractivity contribution in [1.82, 2.24) is 41.2 Å². The molecule has 2 aromatic heterocycles. The van der Waals surface area contributed by atoms with Crippen LogP contribution >= 0.6 is 12.4 Å². The Kier molecular flexibility index (Phi) is 10.1. The van der Waals surface area contributed by atoms with Crippen molar-refractivity contribution < 1.29 is 9.59 Å².